The zero-order valence-corrected chi connectivity index (χ0v) is 16.8. The molecule has 1 aliphatic rings. The van der Waals surface area contributed by atoms with Crippen LogP contribution in [0.25, 0.3) is 0 Å². The first-order valence-corrected chi connectivity index (χ1v) is 10.9. The Hall–Kier alpha value is -1.64. The summed E-state index contributed by atoms with van der Waals surface area (Å²) in [6.07, 6.45) is 1.77. The molecule has 0 saturated carbocycles. The average Bonchev–Trinajstić information content (AvgIpc) is 3.15. The van der Waals surface area contributed by atoms with Crippen molar-refractivity contribution in [3.05, 3.63) is 40.7 Å². The van der Waals surface area contributed by atoms with Gasteiger partial charge in [0, 0.05) is 24.9 Å². The third-order valence-corrected chi connectivity index (χ3v) is 7.33. The van der Waals surface area contributed by atoms with Gasteiger partial charge in [-0.3, -0.25) is 4.79 Å². The van der Waals surface area contributed by atoms with Crippen molar-refractivity contribution in [1.82, 2.24) is 10.0 Å². The molecule has 0 aliphatic heterocycles. The summed E-state index contributed by atoms with van der Waals surface area (Å²) < 4.78 is 32.6. The first kappa shape index (κ1) is 19.1. The van der Waals surface area contributed by atoms with Crippen LogP contribution in [0.2, 0.25) is 0 Å². The second-order valence-electron chi connectivity index (χ2n) is 7.48. The summed E-state index contributed by atoms with van der Waals surface area (Å²) in [4.78, 5) is 12.3. The Balaban J connectivity index is 1.58. The standard InChI is InChI=1S/C18H24N2O4S2/c1-12-9-13-14(10-18(2,3)11-15(13)24-12)20-16(21)6-7-19-26(22,23)17-5-4-8-25-17/h4-5,8-9,14,19H,6-7,10-11H2,1-3H3,(H,20,21)/t14-/m1/s1. The van der Waals surface area contributed by atoms with Crippen molar-refractivity contribution in [2.24, 2.45) is 5.41 Å². The minimum absolute atomic E-state index is 0.0377. The van der Waals surface area contributed by atoms with Crippen LogP contribution >= 0.6 is 11.3 Å². The summed E-state index contributed by atoms with van der Waals surface area (Å²) in [5.74, 6) is 1.60. The van der Waals surface area contributed by atoms with Crippen molar-refractivity contribution >= 4 is 27.3 Å². The lowest BCUT2D eigenvalue weighted by Crippen LogP contribution is -2.37. The number of sulfonamides is 1. The van der Waals surface area contributed by atoms with Crippen molar-refractivity contribution < 1.29 is 17.6 Å². The summed E-state index contributed by atoms with van der Waals surface area (Å²) >= 11 is 1.15. The largest absolute Gasteiger partial charge is 0.466 e. The van der Waals surface area contributed by atoms with Crippen LogP contribution in [0.1, 0.15) is 49.8 Å². The number of carbonyl (C=O) groups is 1. The predicted molar refractivity (Wildman–Crippen MR) is 101 cm³/mol. The fourth-order valence-electron chi connectivity index (χ4n) is 3.37. The predicted octanol–water partition coefficient (Wildman–Crippen LogP) is 3.15. The number of furan rings is 1. The van der Waals surface area contributed by atoms with Gasteiger partial charge in [0.25, 0.3) is 0 Å². The Kier molecular flexibility index (Phi) is 5.28. The number of hydrogen-bond acceptors (Lipinski definition) is 5. The minimum atomic E-state index is -3.54. The Bertz CT molecular complexity index is 882. The zero-order chi connectivity index (χ0) is 18.9. The Morgan fingerprint density at radius 3 is 2.88 bits per heavy atom. The highest BCUT2D eigenvalue weighted by Gasteiger charge is 2.35. The first-order chi connectivity index (χ1) is 12.2. The van der Waals surface area contributed by atoms with Crippen LogP contribution in [-0.2, 0) is 21.2 Å². The molecule has 0 radical (unpaired) electrons. The normalized spacial score (nSPS) is 19.1. The molecule has 3 rings (SSSR count). The lowest BCUT2D eigenvalue weighted by Gasteiger charge is -2.34. The Morgan fingerprint density at radius 1 is 1.42 bits per heavy atom. The highest BCUT2D eigenvalue weighted by molar-refractivity contribution is 7.91. The van der Waals surface area contributed by atoms with Crippen molar-refractivity contribution in [2.45, 2.75) is 50.3 Å². The van der Waals surface area contributed by atoms with E-state index in [1.54, 1.807) is 17.5 Å². The molecule has 0 saturated heterocycles. The average molecular weight is 397 g/mol. The molecule has 8 heteroatoms. The van der Waals surface area contributed by atoms with Crippen LogP contribution in [0.4, 0.5) is 0 Å². The van der Waals surface area contributed by atoms with Gasteiger partial charge in [0.15, 0.2) is 0 Å². The highest BCUT2D eigenvalue weighted by atomic mass is 32.2. The molecule has 2 N–H and O–H groups in total. The molecular formula is C18H24N2O4S2. The Labute approximate surface area is 158 Å². The van der Waals surface area contributed by atoms with Crippen LogP contribution in [-0.4, -0.2) is 20.9 Å². The topological polar surface area (TPSA) is 88.4 Å². The van der Waals surface area contributed by atoms with E-state index in [-0.39, 0.29) is 34.5 Å². The van der Waals surface area contributed by atoms with Crippen LogP contribution in [0, 0.1) is 12.3 Å². The molecule has 0 bridgehead atoms. The third kappa shape index (κ3) is 4.36. The van der Waals surface area contributed by atoms with E-state index in [9.17, 15) is 13.2 Å². The van der Waals surface area contributed by atoms with Gasteiger partial charge in [-0.25, -0.2) is 13.1 Å². The maximum atomic E-state index is 12.3. The molecule has 6 nitrogen and oxygen atoms in total. The van der Waals surface area contributed by atoms with E-state index < -0.39 is 10.0 Å². The quantitative estimate of drug-likeness (QED) is 0.785. The van der Waals surface area contributed by atoms with Crippen molar-refractivity contribution in [3.8, 4) is 0 Å². The molecule has 26 heavy (non-hydrogen) atoms. The van der Waals surface area contributed by atoms with Gasteiger partial charge < -0.3 is 9.73 Å². The Morgan fingerprint density at radius 2 is 2.19 bits per heavy atom. The lowest BCUT2D eigenvalue weighted by molar-refractivity contribution is -0.122. The van der Waals surface area contributed by atoms with Gasteiger partial charge in [0.05, 0.1) is 6.04 Å². The number of rotatable bonds is 6. The summed E-state index contributed by atoms with van der Waals surface area (Å²) in [7, 11) is -3.54. The third-order valence-electron chi connectivity index (χ3n) is 4.48. The molecule has 1 aliphatic carbocycles. The van der Waals surface area contributed by atoms with Crippen LogP contribution in [0.5, 0.6) is 0 Å². The van der Waals surface area contributed by atoms with Gasteiger partial charge in [-0.05, 0) is 36.3 Å². The number of thiophene rings is 1. The molecule has 0 unspecified atom stereocenters. The number of nitrogens with one attached hydrogen (secondary N) is 2. The van der Waals surface area contributed by atoms with Gasteiger partial charge in [0.1, 0.15) is 15.7 Å². The number of amides is 1. The molecule has 142 valence electrons. The maximum Gasteiger partial charge on any atom is 0.250 e. The molecule has 0 aromatic carbocycles. The number of hydrogen-bond donors (Lipinski definition) is 2. The molecular weight excluding hydrogens is 372 g/mol. The summed E-state index contributed by atoms with van der Waals surface area (Å²) in [5.41, 5.74) is 1.07. The molecule has 2 aromatic heterocycles. The number of carbonyl (C=O) groups excluding carboxylic acids is 1. The number of fused-ring (bicyclic) bond motifs is 1. The van der Waals surface area contributed by atoms with E-state index >= 15 is 0 Å². The molecule has 2 heterocycles. The summed E-state index contributed by atoms with van der Waals surface area (Å²) in [6, 6.07) is 5.10. The minimum Gasteiger partial charge on any atom is -0.466 e. The highest BCUT2D eigenvalue weighted by Crippen LogP contribution is 2.42. The fraction of sp³-hybridized carbons (Fsp3) is 0.500. The smallest absolute Gasteiger partial charge is 0.250 e. The summed E-state index contributed by atoms with van der Waals surface area (Å²) in [5, 5.41) is 4.74. The molecule has 2 aromatic rings. The van der Waals surface area contributed by atoms with Gasteiger partial charge in [0.2, 0.25) is 15.9 Å². The van der Waals surface area contributed by atoms with Gasteiger partial charge in [-0.1, -0.05) is 19.9 Å². The molecule has 1 atom stereocenters. The monoisotopic (exact) mass is 396 g/mol. The molecule has 0 fully saturated rings. The van der Waals surface area contributed by atoms with E-state index in [1.807, 2.05) is 13.0 Å². The van der Waals surface area contributed by atoms with E-state index in [2.05, 4.69) is 23.9 Å². The fourth-order valence-corrected chi connectivity index (χ4v) is 5.44. The maximum absolute atomic E-state index is 12.3. The SMILES string of the molecule is Cc1cc2c(o1)CC(C)(C)C[C@H]2NC(=O)CCNS(=O)(=O)c1cccs1. The van der Waals surface area contributed by atoms with E-state index in [0.29, 0.717) is 0 Å². The molecule has 0 spiro atoms. The van der Waals surface area contributed by atoms with Gasteiger partial charge in [-0.2, -0.15) is 0 Å². The van der Waals surface area contributed by atoms with E-state index in [0.717, 1.165) is 41.3 Å². The molecule has 1 amide bonds. The van der Waals surface area contributed by atoms with E-state index in [4.69, 9.17) is 4.42 Å². The zero-order valence-electron chi connectivity index (χ0n) is 15.2. The van der Waals surface area contributed by atoms with Crippen molar-refractivity contribution in [1.29, 1.82) is 0 Å². The van der Waals surface area contributed by atoms with Crippen LogP contribution in [0.3, 0.4) is 0 Å². The number of aryl methyl sites for hydroxylation is 1. The van der Waals surface area contributed by atoms with Crippen LogP contribution in [0.15, 0.2) is 32.2 Å². The van der Waals surface area contributed by atoms with Crippen molar-refractivity contribution in [2.75, 3.05) is 6.54 Å². The lowest BCUT2D eigenvalue weighted by atomic mass is 9.74. The summed E-state index contributed by atoms with van der Waals surface area (Å²) in [6.45, 7) is 6.28. The first-order valence-electron chi connectivity index (χ1n) is 8.58. The second-order valence-corrected chi connectivity index (χ2v) is 10.4. The van der Waals surface area contributed by atoms with Crippen molar-refractivity contribution in [3.63, 3.8) is 0 Å². The second kappa shape index (κ2) is 7.17. The van der Waals surface area contributed by atoms with E-state index in [1.165, 1.54) is 0 Å². The van der Waals surface area contributed by atoms with Gasteiger partial charge in [-0.15, -0.1) is 11.3 Å². The van der Waals surface area contributed by atoms with Gasteiger partial charge >= 0.3 is 0 Å². The van der Waals surface area contributed by atoms with Crippen LogP contribution < -0.4 is 10.0 Å².